The summed E-state index contributed by atoms with van der Waals surface area (Å²) < 4.78 is 1.91. The van der Waals surface area contributed by atoms with Crippen molar-refractivity contribution in [3.8, 4) is 11.4 Å². The Morgan fingerprint density at radius 1 is 1.33 bits per heavy atom. The first-order chi connectivity index (χ1) is 13.1. The Labute approximate surface area is 166 Å². The van der Waals surface area contributed by atoms with E-state index in [1.807, 2.05) is 35.8 Å². The molecule has 0 bridgehead atoms. The first-order valence-electron chi connectivity index (χ1n) is 8.26. The molecule has 6 nitrogen and oxygen atoms in total. The Bertz CT molecular complexity index is 944. The number of anilines is 1. The maximum Gasteiger partial charge on any atom is 0.237 e. The van der Waals surface area contributed by atoms with Crippen LogP contribution in [-0.2, 0) is 11.3 Å². The number of pyridine rings is 1. The van der Waals surface area contributed by atoms with E-state index in [1.54, 1.807) is 30.6 Å². The van der Waals surface area contributed by atoms with Crippen molar-refractivity contribution in [3.05, 3.63) is 66.5 Å². The molecule has 1 atom stereocenters. The number of para-hydroxylation sites is 1. The van der Waals surface area contributed by atoms with Gasteiger partial charge in [-0.3, -0.25) is 14.3 Å². The van der Waals surface area contributed by atoms with Gasteiger partial charge in [-0.25, -0.2) is 0 Å². The van der Waals surface area contributed by atoms with Gasteiger partial charge in [-0.05, 0) is 31.2 Å². The summed E-state index contributed by atoms with van der Waals surface area (Å²) >= 11 is 7.43. The van der Waals surface area contributed by atoms with Crippen LogP contribution in [-0.4, -0.2) is 30.9 Å². The normalized spacial score (nSPS) is 11.8. The van der Waals surface area contributed by atoms with E-state index in [1.165, 1.54) is 11.8 Å². The van der Waals surface area contributed by atoms with Crippen molar-refractivity contribution >= 4 is 35.0 Å². The first kappa shape index (κ1) is 19.1. The van der Waals surface area contributed by atoms with E-state index in [9.17, 15) is 4.79 Å². The van der Waals surface area contributed by atoms with Crippen LogP contribution in [0.15, 0.2) is 66.6 Å². The molecule has 0 unspecified atom stereocenters. The summed E-state index contributed by atoms with van der Waals surface area (Å²) in [6.45, 7) is 6.14. The summed E-state index contributed by atoms with van der Waals surface area (Å²) in [7, 11) is 0. The van der Waals surface area contributed by atoms with Gasteiger partial charge in [0, 0.05) is 24.5 Å². The van der Waals surface area contributed by atoms with Gasteiger partial charge in [0.05, 0.1) is 16.0 Å². The van der Waals surface area contributed by atoms with E-state index in [0.717, 1.165) is 5.56 Å². The molecule has 3 rings (SSSR count). The summed E-state index contributed by atoms with van der Waals surface area (Å²) in [4.78, 5) is 16.7. The van der Waals surface area contributed by atoms with E-state index >= 15 is 0 Å². The number of allylic oxidation sites excluding steroid dienone is 1. The zero-order chi connectivity index (χ0) is 19.2. The molecule has 0 radical (unpaired) electrons. The van der Waals surface area contributed by atoms with Crippen molar-refractivity contribution in [3.63, 3.8) is 0 Å². The van der Waals surface area contributed by atoms with Crippen molar-refractivity contribution in [2.45, 2.75) is 23.9 Å². The standard InChI is InChI=1S/C19H18ClN5OS/c1-3-11-25-17(14-7-6-10-21-12-14)23-24-19(25)27-13(2)18(26)22-16-9-5-4-8-15(16)20/h3-10,12-13H,1,11H2,2H3,(H,22,26)/t13-/m1/s1. The van der Waals surface area contributed by atoms with Gasteiger partial charge in [-0.15, -0.1) is 16.8 Å². The minimum atomic E-state index is -0.393. The second kappa shape index (κ2) is 8.83. The number of nitrogens with zero attached hydrogens (tertiary/aromatic N) is 4. The quantitative estimate of drug-likeness (QED) is 0.473. The van der Waals surface area contributed by atoms with Gasteiger partial charge in [0.25, 0.3) is 0 Å². The van der Waals surface area contributed by atoms with Gasteiger partial charge in [-0.1, -0.05) is 41.6 Å². The monoisotopic (exact) mass is 399 g/mol. The predicted molar refractivity (Wildman–Crippen MR) is 109 cm³/mol. The van der Waals surface area contributed by atoms with Gasteiger partial charge < -0.3 is 5.32 Å². The Morgan fingerprint density at radius 3 is 2.85 bits per heavy atom. The third kappa shape index (κ3) is 4.56. The second-order valence-electron chi connectivity index (χ2n) is 5.68. The Balaban J connectivity index is 1.78. The fraction of sp³-hybridized carbons (Fsp3) is 0.158. The Kier molecular flexibility index (Phi) is 6.26. The zero-order valence-electron chi connectivity index (χ0n) is 14.7. The Hall–Kier alpha value is -2.64. The first-order valence-corrected chi connectivity index (χ1v) is 9.52. The van der Waals surface area contributed by atoms with Gasteiger partial charge in [0.1, 0.15) is 0 Å². The van der Waals surface area contributed by atoms with E-state index in [2.05, 4.69) is 27.1 Å². The van der Waals surface area contributed by atoms with Crippen LogP contribution in [0.2, 0.25) is 5.02 Å². The minimum absolute atomic E-state index is 0.163. The Morgan fingerprint density at radius 2 is 2.15 bits per heavy atom. The van der Waals surface area contributed by atoms with Crippen molar-refractivity contribution in [1.29, 1.82) is 0 Å². The smallest absolute Gasteiger partial charge is 0.237 e. The van der Waals surface area contributed by atoms with Gasteiger partial charge in [0.15, 0.2) is 11.0 Å². The van der Waals surface area contributed by atoms with Crippen molar-refractivity contribution in [2.24, 2.45) is 0 Å². The summed E-state index contributed by atoms with van der Waals surface area (Å²) in [5, 5.41) is 12.1. The highest BCUT2D eigenvalue weighted by Gasteiger charge is 2.21. The fourth-order valence-electron chi connectivity index (χ4n) is 2.39. The van der Waals surface area contributed by atoms with Crippen LogP contribution in [0.1, 0.15) is 6.92 Å². The molecule has 8 heteroatoms. The fourth-order valence-corrected chi connectivity index (χ4v) is 3.43. The molecule has 138 valence electrons. The molecule has 0 aliphatic heterocycles. The lowest BCUT2D eigenvalue weighted by Gasteiger charge is -2.13. The molecule has 0 aliphatic rings. The average Bonchev–Trinajstić information content (AvgIpc) is 3.07. The van der Waals surface area contributed by atoms with Crippen LogP contribution in [0.3, 0.4) is 0 Å². The van der Waals surface area contributed by atoms with Crippen LogP contribution >= 0.6 is 23.4 Å². The summed E-state index contributed by atoms with van der Waals surface area (Å²) in [5.41, 5.74) is 1.44. The maximum atomic E-state index is 12.5. The molecule has 1 N–H and O–H groups in total. The number of nitrogens with one attached hydrogen (secondary N) is 1. The van der Waals surface area contributed by atoms with Crippen molar-refractivity contribution < 1.29 is 4.79 Å². The number of benzene rings is 1. The summed E-state index contributed by atoms with van der Waals surface area (Å²) in [6.07, 6.45) is 5.20. The van der Waals surface area contributed by atoms with Gasteiger partial charge in [0.2, 0.25) is 5.91 Å². The number of rotatable bonds is 7. The lowest BCUT2D eigenvalue weighted by Crippen LogP contribution is -2.23. The molecule has 0 saturated heterocycles. The zero-order valence-corrected chi connectivity index (χ0v) is 16.2. The molecule has 1 aromatic carbocycles. The molecular formula is C19H18ClN5OS. The highest BCUT2D eigenvalue weighted by Crippen LogP contribution is 2.28. The lowest BCUT2D eigenvalue weighted by molar-refractivity contribution is -0.115. The van der Waals surface area contributed by atoms with Crippen LogP contribution < -0.4 is 5.32 Å². The molecule has 0 fully saturated rings. The van der Waals surface area contributed by atoms with Crippen molar-refractivity contribution in [2.75, 3.05) is 5.32 Å². The molecular weight excluding hydrogens is 382 g/mol. The highest BCUT2D eigenvalue weighted by atomic mass is 35.5. The van der Waals surface area contributed by atoms with Crippen LogP contribution in [0.5, 0.6) is 0 Å². The third-order valence-corrected chi connectivity index (χ3v) is 5.14. The van der Waals surface area contributed by atoms with Gasteiger partial charge >= 0.3 is 0 Å². The number of aromatic nitrogens is 4. The number of hydrogen-bond donors (Lipinski definition) is 1. The van der Waals surface area contributed by atoms with E-state index in [0.29, 0.717) is 28.2 Å². The molecule has 3 aromatic rings. The molecule has 27 heavy (non-hydrogen) atoms. The number of carbonyl (C=O) groups is 1. The van der Waals surface area contributed by atoms with Crippen LogP contribution in [0.4, 0.5) is 5.69 Å². The lowest BCUT2D eigenvalue weighted by atomic mass is 10.3. The van der Waals surface area contributed by atoms with Crippen LogP contribution in [0.25, 0.3) is 11.4 Å². The van der Waals surface area contributed by atoms with E-state index < -0.39 is 5.25 Å². The largest absolute Gasteiger partial charge is 0.324 e. The van der Waals surface area contributed by atoms with E-state index in [4.69, 9.17) is 11.6 Å². The molecule has 0 aliphatic carbocycles. The highest BCUT2D eigenvalue weighted by molar-refractivity contribution is 8.00. The molecule has 2 aromatic heterocycles. The maximum absolute atomic E-state index is 12.5. The molecule has 2 heterocycles. The molecule has 0 spiro atoms. The SMILES string of the molecule is C=CCn1c(S[C@H](C)C(=O)Nc2ccccc2Cl)nnc1-c1cccnc1. The number of halogens is 1. The summed E-state index contributed by atoms with van der Waals surface area (Å²) in [5.74, 6) is 0.522. The van der Waals surface area contributed by atoms with E-state index in [-0.39, 0.29) is 5.91 Å². The van der Waals surface area contributed by atoms with Gasteiger partial charge in [-0.2, -0.15) is 0 Å². The topological polar surface area (TPSA) is 72.7 Å². The van der Waals surface area contributed by atoms with Crippen LogP contribution in [0, 0.1) is 0 Å². The molecule has 0 saturated carbocycles. The summed E-state index contributed by atoms with van der Waals surface area (Å²) in [6, 6.07) is 10.9. The number of thioether (sulfide) groups is 1. The minimum Gasteiger partial charge on any atom is -0.324 e. The third-order valence-electron chi connectivity index (χ3n) is 3.73. The number of carbonyl (C=O) groups excluding carboxylic acids is 1. The average molecular weight is 400 g/mol. The van der Waals surface area contributed by atoms with Crippen molar-refractivity contribution in [1.82, 2.24) is 19.7 Å². The number of hydrogen-bond acceptors (Lipinski definition) is 5. The molecule has 1 amide bonds. The second-order valence-corrected chi connectivity index (χ2v) is 7.39. The predicted octanol–water partition coefficient (Wildman–Crippen LogP) is 4.30. The number of amides is 1.